The van der Waals surface area contributed by atoms with Gasteiger partial charge in [-0.05, 0) is 53.7 Å². The molecule has 0 bridgehead atoms. The molecule has 0 saturated heterocycles. The molecule has 0 fully saturated rings. The number of sulfonamides is 1. The number of halogens is 1. The van der Waals surface area contributed by atoms with Crippen molar-refractivity contribution in [3.8, 4) is 0 Å². The molecule has 0 aliphatic heterocycles. The van der Waals surface area contributed by atoms with Gasteiger partial charge in [-0.1, -0.05) is 12.1 Å². The Bertz CT molecular complexity index is 735. The van der Waals surface area contributed by atoms with Crippen molar-refractivity contribution in [1.29, 1.82) is 0 Å². The van der Waals surface area contributed by atoms with Crippen molar-refractivity contribution >= 4 is 31.6 Å². The number of nitrogens with zero attached hydrogens (tertiary/aromatic N) is 1. The summed E-state index contributed by atoms with van der Waals surface area (Å²) in [6.07, 6.45) is 3.07. The Morgan fingerprint density at radius 1 is 1.29 bits per heavy atom. The quantitative estimate of drug-likeness (QED) is 0.849. The SMILES string of the molecule is CNC(C)c1cccc(S(=O)(=O)Nc2ccncc2Br)c1. The van der Waals surface area contributed by atoms with E-state index in [-0.39, 0.29) is 10.9 Å². The van der Waals surface area contributed by atoms with Crippen LogP contribution in [0, 0.1) is 0 Å². The largest absolute Gasteiger partial charge is 0.313 e. The van der Waals surface area contributed by atoms with E-state index in [0.717, 1.165) is 5.56 Å². The highest BCUT2D eigenvalue weighted by Crippen LogP contribution is 2.24. The van der Waals surface area contributed by atoms with E-state index in [4.69, 9.17) is 0 Å². The van der Waals surface area contributed by atoms with Crippen LogP contribution in [0.15, 0.2) is 52.1 Å². The van der Waals surface area contributed by atoms with Crippen molar-refractivity contribution in [2.45, 2.75) is 17.9 Å². The number of pyridine rings is 1. The third kappa shape index (κ3) is 3.81. The lowest BCUT2D eigenvalue weighted by atomic mass is 10.1. The maximum Gasteiger partial charge on any atom is 0.261 e. The van der Waals surface area contributed by atoms with Gasteiger partial charge in [-0.3, -0.25) is 9.71 Å². The Balaban J connectivity index is 2.34. The maximum absolute atomic E-state index is 12.4. The summed E-state index contributed by atoms with van der Waals surface area (Å²) in [7, 11) is -1.80. The molecule has 0 amide bonds. The minimum absolute atomic E-state index is 0.0767. The minimum atomic E-state index is -3.64. The van der Waals surface area contributed by atoms with Gasteiger partial charge in [0.25, 0.3) is 10.0 Å². The van der Waals surface area contributed by atoms with Crippen LogP contribution in [0.2, 0.25) is 0 Å². The van der Waals surface area contributed by atoms with Gasteiger partial charge in [-0.15, -0.1) is 0 Å². The Labute approximate surface area is 133 Å². The lowest BCUT2D eigenvalue weighted by Gasteiger charge is -2.13. The molecule has 0 radical (unpaired) electrons. The lowest BCUT2D eigenvalue weighted by Crippen LogP contribution is -2.16. The number of rotatable bonds is 5. The Kier molecular flexibility index (Phi) is 4.97. The monoisotopic (exact) mass is 369 g/mol. The molecule has 2 aromatic rings. The fraction of sp³-hybridized carbons (Fsp3) is 0.214. The molecular weight excluding hydrogens is 354 g/mol. The summed E-state index contributed by atoms with van der Waals surface area (Å²) in [5.41, 5.74) is 1.37. The molecule has 0 spiro atoms. The van der Waals surface area contributed by atoms with Gasteiger partial charge in [-0.2, -0.15) is 0 Å². The van der Waals surface area contributed by atoms with Crippen LogP contribution in [0.25, 0.3) is 0 Å². The first-order chi connectivity index (χ1) is 9.94. The van der Waals surface area contributed by atoms with Crippen LogP contribution >= 0.6 is 15.9 Å². The second kappa shape index (κ2) is 6.55. The second-order valence-corrected chi connectivity index (χ2v) is 7.08. The normalized spacial score (nSPS) is 12.9. The molecule has 1 aromatic heterocycles. The first kappa shape index (κ1) is 15.9. The molecule has 0 saturated carbocycles. The van der Waals surface area contributed by atoms with Crippen LogP contribution in [-0.2, 0) is 10.0 Å². The fourth-order valence-electron chi connectivity index (χ4n) is 1.78. The van der Waals surface area contributed by atoms with Gasteiger partial charge in [0, 0.05) is 18.4 Å². The minimum Gasteiger partial charge on any atom is -0.313 e. The Morgan fingerprint density at radius 3 is 2.71 bits per heavy atom. The van der Waals surface area contributed by atoms with E-state index in [0.29, 0.717) is 10.2 Å². The van der Waals surface area contributed by atoms with Crippen molar-refractivity contribution in [1.82, 2.24) is 10.3 Å². The van der Waals surface area contributed by atoms with Crippen molar-refractivity contribution in [2.24, 2.45) is 0 Å². The van der Waals surface area contributed by atoms with E-state index >= 15 is 0 Å². The molecule has 7 heteroatoms. The number of hydrogen-bond acceptors (Lipinski definition) is 4. The van der Waals surface area contributed by atoms with Crippen LogP contribution in [0.4, 0.5) is 5.69 Å². The molecule has 1 heterocycles. The zero-order valence-corrected chi connectivity index (χ0v) is 14.1. The van der Waals surface area contributed by atoms with Crippen LogP contribution in [0.5, 0.6) is 0 Å². The van der Waals surface area contributed by atoms with Crippen molar-refractivity contribution < 1.29 is 8.42 Å². The zero-order chi connectivity index (χ0) is 15.5. The number of benzene rings is 1. The molecule has 112 valence electrons. The predicted molar refractivity (Wildman–Crippen MR) is 86.7 cm³/mol. The molecular formula is C14H16BrN3O2S. The number of nitrogens with one attached hydrogen (secondary N) is 2. The first-order valence-corrected chi connectivity index (χ1v) is 8.61. The van der Waals surface area contributed by atoms with Gasteiger partial charge in [-0.25, -0.2) is 8.42 Å². The number of aromatic nitrogens is 1. The van der Waals surface area contributed by atoms with E-state index in [9.17, 15) is 8.42 Å². The highest BCUT2D eigenvalue weighted by molar-refractivity contribution is 9.10. The smallest absolute Gasteiger partial charge is 0.261 e. The summed E-state index contributed by atoms with van der Waals surface area (Å²) in [5.74, 6) is 0. The van der Waals surface area contributed by atoms with Gasteiger partial charge in [0.05, 0.1) is 15.1 Å². The van der Waals surface area contributed by atoms with Gasteiger partial charge >= 0.3 is 0 Å². The molecule has 1 aromatic carbocycles. The lowest BCUT2D eigenvalue weighted by molar-refractivity contribution is 0.600. The van der Waals surface area contributed by atoms with Gasteiger partial charge in [0.15, 0.2) is 0 Å². The average molecular weight is 370 g/mol. The van der Waals surface area contributed by atoms with Crippen molar-refractivity contribution in [2.75, 3.05) is 11.8 Å². The summed E-state index contributed by atoms with van der Waals surface area (Å²) in [6.45, 7) is 1.97. The number of hydrogen-bond donors (Lipinski definition) is 2. The fourth-order valence-corrected chi connectivity index (χ4v) is 3.39. The van der Waals surface area contributed by atoms with E-state index < -0.39 is 10.0 Å². The second-order valence-electron chi connectivity index (χ2n) is 4.54. The first-order valence-electron chi connectivity index (χ1n) is 6.33. The van der Waals surface area contributed by atoms with Crippen LogP contribution < -0.4 is 10.0 Å². The summed E-state index contributed by atoms with van der Waals surface area (Å²) in [4.78, 5) is 4.13. The van der Waals surface area contributed by atoms with E-state index in [1.807, 2.05) is 20.0 Å². The third-order valence-corrected chi connectivity index (χ3v) is 5.11. The Hall–Kier alpha value is -1.44. The van der Waals surface area contributed by atoms with E-state index in [1.54, 1.807) is 24.3 Å². The predicted octanol–water partition coefficient (Wildman–Crippen LogP) is 2.93. The molecule has 0 aliphatic rings. The summed E-state index contributed by atoms with van der Waals surface area (Å²) in [6, 6.07) is 8.54. The zero-order valence-electron chi connectivity index (χ0n) is 11.7. The van der Waals surface area contributed by atoms with Crippen molar-refractivity contribution in [3.05, 3.63) is 52.8 Å². The highest BCUT2D eigenvalue weighted by atomic mass is 79.9. The highest BCUT2D eigenvalue weighted by Gasteiger charge is 2.17. The molecule has 2 N–H and O–H groups in total. The van der Waals surface area contributed by atoms with Gasteiger partial charge in [0.1, 0.15) is 0 Å². The summed E-state index contributed by atoms with van der Waals surface area (Å²) >= 11 is 3.27. The Morgan fingerprint density at radius 2 is 2.05 bits per heavy atom. The van der Waals surface area contributed by atoms with Crippen LogP contribution in [0.3, 0.4) is 0 Å². The van der Waals surface area contributed by atoms with Crippen LogP contribution in [0.1, 0.15) is 18.5 Å². The summed E-state index contributed by atoms with van der Waals surface area (Å²) in [5, 5.41) is 3.09. The van der Waals surface area contributed by atoms with Crippen LogP contribution in [-0.4, -0.2) is 20.4 Å². The molecule has 5 nitrogen and oxygen atoms in total. The van der Waals surface area contributed by atoms with E-state index in [1.165, 1.54) is 12.4 Å². The topological polar surface area (TPSA) is 71.1 Å². The molecule has 0 aliphatic carbocycles. The van der Waals surface area contributed by atoms with E-state index in [2.05, 4.69) is 31.0 Å². The molecule has 1 atom stereocenters. The van der Waals surface area contributed by atoms with Gasteiger partial charge < -0.3 is 5.32 Å². The molecule has 2 rings (SSSR count). The molecule has 1 unspecified atom stereocenters. The third-order valence-electron chi connectivity index (χ3n) is 3.12. The van der Waals surface area contributed by atoms with Gasteiger partial charge in [0.2, 0.25) is 0 Å². The summed E-state index contributed by atoms with van der Waals surface area (Å²) < 4.78 is 28.0. The standard InChI is InChI=1S/C14H16BrN3O2S/c1-10(16-2)11-4-3-5-12(8-11)21(19,20)18-14-6-7-17-9-13(14)15/h3-10,16H,1-2H3,(H,17,18). The van der Waals surface area contributed by atoms with Crippen molar-refractivity contribution in [3.63, 3.8) is 0 Å². The maximum atomic E-state index is 12.4. The average Bonchev–Trinajstić information content (AvgIpc) is 2.49. The number of anilines is 1. The molecule has 21 heavy (non-hydrogen) atoms.